The molecule has 1 saturated heterocycles. The van der Waals surface area contributed by atoms with Crippen molar-refractivity contribution in [1.29, 1.82) is 0 Å². The Balaban J connectivity index is 1.57. The number of halogens is 3. The molecule has 2 aromatic carbocycles. The molecule has 2 aliphatic rings. The minimum Gasteiger partial charge on any atom is -0.389 e. The third-order valence-corrected chi connectivity index (χ3v) is 6.95. The Labute approximate surface area is 208 Å². The van der Waals surface area contributed by atoms with Gasteiger partial charge in [-0.2, -0.15) is 8.78 Å². The number of hydrogen-bond acceptors (Lipinski definition) is 4. The van der Waals surface area contributed by atoms with Gasteiger partial charge < -0.3 is 9.71 Å². The van der Waals surface area contributed by atoms with E-state index >= 15 is 0 Å². The Hall–Kier alpha value is -3.14. The molecule has 4 amide bonds. The number of piperidine rings is 1. The number of carbonyl (C=O) groups is 4. The topological polar surface area (TPSA) is 86.8 Å². The van der Waals surface area contributed by atoms with Crippen molar-refractivity contribution in [2.75, 3.05) is 0 Å². The van der Waals surface area contributed by atoms with E-state index in [1.807, 2.05) is 0 Å². The van der Waals surface area contributed by atoms with Crippen LogP contribution in [0.4, 0.5) is 8.78 Å². The smallest absolute Gasteiger partial charge is 0.348 e. The minimum absolute atomic E-state index is 0.145. The largest absolute Gasteiger partial charge is 0.389 e. The van der Waals surface area contributed by atoms with E-state index in [1.54, 1.807) is 27.8 Å². The third-order valence-electron chi connectivity index (χ3n) is 6.70. The van der Waals surface area contributed by atoms with Crippen LogP contribution in [-0.2, 0) is 26.9 Å². The molecule has 2 heterocycles. The van der Waals surface area contributed by atoms with Crippen LogP contribution in [0, 0.1) is 0 Å². The lowest BCUT2D eigenvalue weighted by atomic mass is 9.79. The fourth-order valence-electron chi connectivity index (χ4n) is 4.60. The van der Waals surface area contributed by atoms with Crippen LogP contribution >= 0.6 is 11.6 Å². The van der Waals surface area contributed by atoms with Crippen LogP contribution in [-0.4, -0.2) is 63.1 Å². The van der Waals surface area contributed by atoms with Crippen molar-refractivity contribution in [3.8, 4) is 0 Å². The van der Waals surface area contributed by atoms with Crippen molar-refractivity contribution in [2.24, 2.45) is 0 Å². The van der Waals surface area contributed by atoms with Gasteiger partial charge in [0.25, 0.3) is 11.8 Å². The predicted octanol–water partition coefficient (Wildman–Crippen LogP) is -0.840. The predicted molar refractivity (Wildman–Crippen MR) is 133 cm³/mol. The first-order chi connectivity index (χ1) is 16.4. The van der Waals surface area contributed by atoms with Gasteiger partial charge in [0.1, 0.15) is 21.7 Å². The fraction of sp³-hybridized carbons (Fsp3) is 0.273. The molecule has 0 spiro atoms. The first kappa shape index (κ1) is 25.0. The van der Waals surface area contributed by atoms with E-state index in [-0.39, 0.29) is 36.2 Å². The lowest BCUT2D eigenvalue weighted by Crippen LogP contribution is -2.52. The molecular formula is C22H21B3ClF2N3O4. The summed E-state index contributed by atoms with van der Waals surface area (Å²) < 4.78 is 29.9. The summed E-state index contributed by atoms with van der Waals surface area (Å²) >= 11 is 5.78. The van der Waals surface area contributed by atoms with Crippen LogP contribution in [0.5, 0.6) is 0 Å². The number of fused-ring (bicyclic) bond motifs is 1. The van der Waals surface area contributed by atoms with E-state index in [9.17, 15) is 28.0 Å². The van der Waals surface area contributed by atoms with Crippen LogP contribution in [0.1, 0.15) is 45.8 Å². The van der Waals surface area contributed by atoms with E-state index in [1.165, 1.54) is 25.0 Å². The molecule has 2 unspecified atom stereocenters. The maximum Gasteiger partial charge on any atom is 0.348 e. The average molecular weight is 497 g/mol. The number of imide groups is 1. The summed E-state index contributed by atoms with van der Waals surface area (Å²) in [6.45, 7) is 0.153. The second-order valence-electron chi connectivity index (χ2n) is 8.95. The maximum atomic E-state index is 14.9. The van der Waals surface area contributed by atoms with Gasteiger partial charge >= 0.3 is 5.92 Å². The van der Waals surface area contributed by atoms with Crippen LogP contribution in [0.25, 0.3) is 0 Å². The van der Waals surface area contributed by atoms with Crippen molar-refractivity contribution >= 4 is 64.4 Å². The molecule has 0 radical (unpaired) electrons. The number of benzene rings is 2. The van der Waals surface area contributed by atoms with Gasteiger partial charge in [0.2, 0.25) is 19.8 Å². The second kappa shape index (κ2) is 9.15. The van der Waals surface area contributed by atoms with Crippen molar-refractivity contribution in [3.63, 3.8) is 0 Å². The lowest BCUT2D eigenvalue weighted by molar-refractivity contribution is -0.154. The Kier molecular flexibility index (Phi) is 6.53. The minimum atomic E-state index is -3.75. The highest BCUT2D eigenvalue weighted by Gasteiger charge is 2.44. The monoisotopic (exact) mass is 497 g/mol. The highest BCUT2D eigenvalue weighted by Crippen LogP contribution is 2.34. The number of hydrogen-bond donors (Lipinski definition) is 1. The molecule has 0 aliphatic carbocycles. The first-order valence-electron chi connectivity index (χ1n) is 11.1. The Morgan fingerprint density at radius 3 is 2.49 bits per heavy atom. The van der Waals surface area contributed by atoms with Gasteiger partial charge in [-0.05, 0) is 29.7 Å². The normalized spacial score (nSPS) is 18.8. The van der Waals surface area contributed by atoms with Gasteiger partial charge in [-0.25, -0.2) is 0 Å². The maximum absolute atomic E-state index is 14.9. The molecule has 1 N–H and O–H groups in total. The van der Waals surface area contributed by atoms with Crippen molar-refractivity contribution in [3.05, 3.63) is 63.7 Å². The van der Waals surface area contributed by atoms with Crippen LogP contribution < -0.4 is 10.8 Å². The molecular weight excluding hydrogens is 476 g/mol. The zero-order valence-corrected chi connectivity index (χ0v) is 20.2. The SMILES string of the molecule is Bc1cc(C(B)N(B)C(=O)C(F)(F)c2ccc(Cl)cc2)cc2c1C(=O)N(C1CCC(=O)NC1=O)C2. The number of nitrogens with zero attached hydrogens (tertiary/aromatic N) is 2. The van der Waals surface area contributed by atoms with Crippen molar-refractivity contribution in [1.82, 2.24) is 15.0 Å². The molecule has 178 valence electrons. The van der Waals surface area contributed by atoms with Gasteiger partial charge in [-0.15, -0.1) is 0 Å². The number of alkyl halides is 2. The van der Waals surface area contributed by atoms with Gasteiger partial charge in [0.05, 0.1) is 0 Å². The van der Waals surface area contributed by atoms with E-state index in [4.69, 9.17) is 11.6 Å². The molecule has 2 aliphatic heterocycles. The van der Waals surface area contributed by atoms with Crippen LogP contribution in [0.3, 0.4) is 0 Å². The Morgan fingerprint density at radius 1 is 1.20 bits per heavy atom. The van der Waals surface area contributed by atoms with E-state index in [2.05, 4.69) is 5.32 Å². The van der Waals surface area contributed by atoms with E-state index in [0.717, 1.165) is 16.9 Å². The average Bonchev–Trinajstić information content (AvgIpc) is 3.14. The molecule has 0 aromatic heterocycles. The Bertz CT molecular complexity index is 1250. The summed E-state index contributed by atoms with van der Waals surface area (Å²) in [6, 6.07) is 7.49. The number of rotatable bonds is 5. The van der Waals surface area contributed by atoms with Gasteiger partial charge in [-0.3, -0.25) is 24.5 Å². The van der Waals surface area contributed by atoms with Gasteiger partial charge in [0.15, 0.2) is 0 Å². The molecule has 0 saturated carbocycles. The third kappa shape index (κ3) is 4.47. The second-order valence-corrected chi connectivity index (χ2v) is 9.38. The summed E-state index contributed by atoms with van der Waals surface area (Å²) in [6.07, 6.45) is 0.385. The molecule has 0 bridgehead atoms. The van der Waals surface area contributed by atoms with E-state index < -0.39 is 35.3 Å². The quantitative estimate of drug-likeness (QED) is 0.432. The molecule has 13 heteroatoms. The summed E-state index contributed by atoms with van der Waals surface area (Å²) in [5.41, 5.74) is 1.84. The fourth-order valence-corrected chi connectivity index (χ4v) is 4.72. The number of nitrogens with one attached hydrogen (secondary N) is 1. The van der Waals surface area contributed by atoms with Gasteiger partial charge in [-0.1, -0.05) is 41.3 Å². The zero-order chi connectivity index (χ0) is 25.7. The lowest BCUT2D eigenvalue weighted by Gasteiger charge is -2.30. The zero-order valence-electron chi connectivity index (χ0n) is 19.4. The molecule has 35 heavy (non-hydrogen) atoms. The summed E-state index contributed by atoms with van der Waals surface area (Å²) in [4.78, 5) is 52.0. The summed E-state index contributed by atoms with van der Waals surface area (Å²) in [5.74, 6) is -7.03. The molecule has 2 atom stereocenters. The van der Waals surface area contributed by atoms with E-state index in [0.29, 0.717) is 22.2 Å². The first-order valence-corrected chi connectivity index (χ1v) is 11.5. The van der Waals surface area contributed by atoms with Crippen LogP contribution in [0.15, 0.2) is 36.4 Å². The molecule has 2 aromatic rings. The van der Waals surface area contributed by atoms with Gasteiger partial charge in [0, 0.05) is 35.1 Å². The Morgan fingerprint density at radius 2 is 1.86 bits per heavy atom. The number of amides is 4. The highest BCUT2D eigenvalue weighted by molar-refractivity contribution is 6.37. The van der Waals surface area contributed by atoms with Crippen molar-refractivity contribution < 1.29 is 28.0 Å². The molecule has 1 fully saturated rings. The standard InChI is InChI=1S/C22H21B3ClF2N3O4/c23-14-8-10(18(24)31(25)21(35)22(27,28)12-1-3-13(26)4-2-12)7-11-9-30(20(34)17(11)14)15-5-6-16(32)29-19(15)33/h1-4,7-8,15,18H,5-6,9,23-25H2,(H,29,32,33). The number of carbonyl (C=O) groups excluding carboxylic acids is 4. The summed E-state index contributed by atoms with van der Waals surface area (Å²) in [5, 5.41) is 2.55. The van der Waals surface area contributed by atoms with Crippen molar-refractivity contribution in [2.45, 2.75) is 37.3 Å². The molecule has 4 rings (SSSR count). The van der Waals surface area contributed by atoms with Crippen LogP contribution in [0.2, 0.25) is 5.02 Å². The summed E-state index contributed by atoms with van der Waals surface area (Å²) in [7, 11) is 4.66. The molecule has 7 nitrogen and oxygen atoms in total. The highest BCUT2D eigenvalue weighted by atomic mass is 35.5.